The fourth-order valence-corrected chi connectivity index (χ4v) is 3.01. The van der Waals surface area contributed by atoms with Crippen molar-refractivity contribution in [2.75, 3.05) is 0 Å². The van der Waals surface area contributed by atoms with E-state index in [1.54, 1.807) is 6.20 Å². The molecule has 1 fully saturated rings. The van der Waals surface area contributed by atoms with Gasteiger partial charge in [-0.15, -0.1) is 0 Å². The Morgan fingerprint density at radius 1 is 1.52 bits per heavy atom. The Labute approximate surface area is 124 Å². The highest BCUT2D eigenvalue weighted by atomic mass is 16.6. The number of carboxylic acid groups (broad SMARTS) is 1. The summed E-state index contributed by atoms with van der Waals surface area (Å²) in [5, 5.41) is 8.70. The fraction of sp³-hybridized carbons (Fsp3) is 0.600. The van der Waals surface area contributed by atoms with Crippen molar-refractivity contribution < 1.29 is 14.7 Å². The van der Waals surface area contributed by atoms with Gasteiger partial charge in [0.05, 0.1) is 0 Å². The van der Waals surface area contributed by atoms with E-state index in [9.17, 15) is 4.79 Å². The highest BCUT2D eigenvalue weighted by Gasteiger charge is 2.27. The van der Waals surface area contributed by atoms with Gasteiger partial charge in [-0.2, -0.15) is 5.90 Å². The molecule has 6 heteroatoms. The summed E-state index contributed by atoms with van der Waals surface area (Å²) in [6, 6.07) is 0. The summed E-state index contributed by atoms with van der Waals surface area (Å²) in [5.74, 6) is 6.81. The molecule has 0 amide bonds. The largest absolute Gasteiger partial charge is 0.481 e. The highest BCUT2D eigenvalue weighted by Crippen LogP contribution is 2.37. The first-order valence-corrected chi connectivity index (χ1v) is 7.49. The molecule has 21 heavy (non-hydrogen) atoms. The SMILES string of the molecule is NOC(=CC(c1ncc[nH]1)C1CCCC1)CCCC(=O)O. The molecule has 1 saturated carbocycles. The lowest BCUT2D eigenvalue weighted by Crippen LogP contribution is -2.12. The first-order valence-electron chi connectivity index (χ1n) is 7.49. The van der Waals surface area contributed by atoms with Gasteiger partial charge in [-0.1, -0.05) is 12.8 Å². The molecule has 4 N–H and O–H groups in total. The van der Waals surface area contributed by atoms with E-state index in [0.717, 1.165) is 5.82 Å². The van der Waals surface area contributed by atoms with Crippen LogP contribution in [0, 0.1) is 5.92 Å². The van der Waals surface area contributed by atoms with Crippen LogP contribution in [0.1, 0.15) is 56.7 Å². The van der Waals surface area contributed by atoms with Crippen molar-refractivity contribution in [2.24, 2.45) is 11.8 Å². The van der Waals surface area contributed by atoms with Crippen LogP contribution >= 0.6 is 0 Å². The second kappa shape index (κ2) is 7.83. The summed E-state index contributed by atoms with van der Waals surface area (Å²) in [6.45, 7) is 0. The maximum atomic E-state index is 10.6. The number of nitrogens with zero attached hydrogens (tertiary/aromatic N) is 1. The molecule has 1 aromatic heterocycles. The van der Waals surface area contributed by atoms with Crippen LogP contribution in [0.5, 0.6) is 0 Å². The van der Waals surface area contributed by atoms with Gasteiger partial charge in [0.2, 0.25) is 0 Å². The molecule has 0 saturated heterocycles. The van der Waals surface area contributed by atoms with Gasteiger partial charge < -0.3 is 14.9 Å². The van der Waals surface area contributed by atoms with Gasteiger partial charge in [0.15, 0.2) is 0 Å². The Morgan fingerprint density at radius 3 is 2.86 bits per heavy atom. The Hall–Kier alpha value is -1.82. The van der Waals surface area contributed by atoms with Crippen LogP contribution in [0.15, 0.2) is 24.2 Å². The second-order valence-corrected chi connectivity index (χ2v) is 5.54. The van der Waals surface area contributed by atoms with Gasteiger partial charge in [0, 0.05) is 31.2 Å². The van der Waals surface area contributed by atoms with Crippen molar-refractivity contribution >= 4 is 5.97 Å². The predicted molar refractivity (Wildman–Crippen MR) is 78.1 cm³/mol. The van der Waals surface area contributed by atoms with Gasteiger partial charge >= 0.3 is 5.97 Å². The number of hydrogen-bond acceptors (Lipinski definition) is 4. The molecule has 0 aliphatic heterocycles. The third-order valence-electron chi connectivity index (χ3n) is 4.07. The van der Waals surface area contributed by atoms with Crippen LogP contribution in [-0.4, -0.2) is 21.0 Å². The lowest BCUT2D eigenvalue weighted by Gasteiger charge is -2.19. The monoisotopic (exact) mass is 293 g/mol. The lowest BCUT2D eigenvalue weighted by atomic mass is 9.89. The Morgan fingerprint density at radius 2 is 2.29 bits per heavy atom. The molecule has 0 radical (unpaired) electrons. The molecule has 1 aliphatic carbocycles. The van der Waals surface area contributed by atoms with Crippen LogP contribution in [0.2, 0.25) is 0 Å². The number of nitrogens with two attached hydrogens (primary N) is 1. The summed E-state index contributed by atoms with van der Waals surface area (Å²) >= 11 is 0. The second-order valence-electron chi connectivity index (χ2n) is 5.54. The molecule has 2 rings (SSSR count). The molecular weight excluding hydrogens is 270 g/mol. The zero-order valence-electron chi connectivity index (χ0n) is 12.1. The lowest BCUT2D eigenvalue weighted by molar-refractivity contribution is -0.137. The summed E-state index contributed by atoms with van der Waals surface area (Å²) in [6.07, 6.45) is 11.6. The van der Waals surface area contributed by atoms with Gasteiger partial charge in [0.25, 0.3) is 0 Å². The van der Waals surface area contributed by atoms with Gasteiger partial charge in [-0.05, 0) is 31.3 Å². The summed E-state index contributed by atoms with van der Waals surface area (Å²) in [7, 11) is 0. The Kier molecular flexibility index (Phi) is 5.80. The van der Waals surface area contributed by atoms with Gasteiger partial charge in [0.1, 0.15) is 11.6 Å². The first-order chi connectivity index (χ1) is 10.2. The molecule has 0 bridgehead atoms. The van der Waals surface area contributed by atoms with Gasteiger partial charge in [-0.3, -0.25) is 4.79 Å². The normalized spacial score (nSPS) is 17.9. The van der Waals surface area contributed by atoms with Crippen molar-refractivity contribution in [1.29, 1.82) is 0 Å². The third kappa shape index (κ3) is 4.60. The molecule has 1 unspecified atom stereocenters. The smallest absolute Gasteiger partial charge is 0.303 e. The molecule has 1 aliphatic rings. The standard InChI is InChI=1S/C15H23N3O3/c16-21-12(6-3-7-14(19)20)10-13(11-4-1-2-5-11)15-17-8-9-18-15/h8-11,13H,1-7,16H2,(H,17,18)(H,19,20). The minimum atomic E-state index is -0.801. The van der Waals surface area contributed by atoms with Crippen molar-refractivity contribution in [1.82, 2.24) is 9.97 Å². The number of H-pyrrole nitrogens is 1. The number of nitrogens with one attached hydrogen (secondary N) is 1. The minimum Gasteiger partial charge on any atom is -0.481 e. The fourth-order valence-electron chi connectivity index (χ4n) is 3.01. The minimum absolute atomic E-state index is 0.121. The highest BCUT2D eigenvalue weighted by molar-refractivity contribution is 5.66. The molecule has 116 valence electrons. The van der Waals surface area contributed by atoms with E-state index < -0.39 is 5.97 Å². The Balaban J connectivity index is 2.07. The number of aromatic amines is 1. The topological polar surface area (TPSA) is 101 Å². The molecule has 1 atom stereocenters. The van der Waals surface area contributed by atoms with Crippen molar-refractivity contribution in [3.63, 3.8) is 0 Å². The summed E-state index contributed by atoms with van der Waals surface area (Å²) in [4.78, 5) is 23.1. The maximum absolute atomic E-state index is 10.6. The average molecular weight is 293 g/mol. The molecule has 1 aromatic rings. The van der Waals surface area contributed by atoms with Crippen molar-refractivity contribution in [2.45, 2.75) is 50.9 Å². The van der Waals surface area contributed by atoms with Gasteiger partial charge in [-0.25, -0.2) is 4.98 Å². The zero-order chi connectivity index (χ0) is 15.1. The number of carbonyl (C=O) groups is 1. The van der Waals surface area contributed by atoms with E-state index in [2.05, 4.69) is 9.97 Å². The van der Waals surface area contributed by atoms with Crippen molar-refractivity contribution in [3.8, 4) is 0 Å². The van der Waals surface area contributed by atoms with Crippen molar-refractivity contribution in [3.05, 3.63) is 30.1 Å². The quantitative estimate of drug-likeness (QED) is 0.505. The number of rotatable bonds is 8. The van der Waals surface area contributed by atoms with E-state index in [1.807, 2.05) is 12.3 Å². The van der Waals surface area contributed by atoms with E-state index in [0.29, 0.717) is 24.5 Å². The number of carboxylic acids is 1. The molecule has 0 spiro atoms. The molecule has 1 heterocycles. The Bertz CT molecular complexity index is 465. The number of hydrogen-bond donors (Lipinski definition) is 3. The average Bonchev–Trinajstić information content (AvgIpc) is 3.14. The maximum Gasteiger partial charge on any atom is 0.303 e. The number of allylic oxidation sites excluding steroid dienone is 2. The van der Waals surface area contributed by atoms with E-state index >= 15 is 0 Å². The molecule has 6 nitrogen and oxygen atoms in total. The zero-order valence-corrected chi connectivity index (χ0v) is 12.1. The number of aliphatic carboxylic acids is 1. The van der Waals surface area contributed by atoms with E-state index in [4.69, 9.17) is 15.8 Å². The van der Waals surface area contributed by atoms with Crippen LogP contribution in [0.25, 0.3) is 0 Å². The molecular formula is C15H23N3O3. The first kappa shape index (κ1) is 15.6. The van der Waals surface area contributed by atoms with Crippen LogP contribution in [0.3, 0.4) is 0 Å². The predicted octanol–water partition coefficient (Wildman–Crippen LogP) is 2.71. The summed E-state index contributed by atoms with van der Waals surface area (Å²) in [5.41, 5.74) is 0. The van der Waals surface area contributed by atoms with Crippen LogP contribution < -0.4 is 5.90 Å². The van der Waals surface area contributed by atoms with Crippen LogP contribution in [-0.2, 0) is 9.63 Å². The van der Waals surface area contributed by atoms with Crippen LogP contribution in [0.4, 0.5) is 0 Å². The number of aromatic nitrogens is 2. The third-order valence-corrected chi connectivity index (χ3v) is 4.07. The molecule has 0 aromatic carbocycles. The van der Waals surface area contributed by atoms with E-state index in [1.165, 1.54) is 25.7 Å². The van der Waals surface area contributed by atoms with E-state index in [-0.39, 0.29) is 12.3 Å². The summed E-state index contributed by atoms with van der Waals surface area (Å²) < 4.78 is 0. The number of imidazole rings is 1.